The number of aromatic nitrogens is 2. The molecule has 7 heteroatoms. The van der Waals surface area contributed by atoms with E-state index in [-0.39, 0.29) is 18.2 Å². The van der Waals surface area contributed by atoms with Gasteiger partial charge in [0.15, 0.2) is 0 Å². The molecule has 2 heterocycles. The molecule has 1 aliphatic heterocycles. The molecule has 2 rings (SSSR count). The van der Waals surface area contributed by atoms with E-state index in [1.54, 1.807) is 9.58 Å². The molecule has 1 saturated heterocycles. The molecule has 2 N–H and O–H groups in total. The van der Waals surface area contributed by atoms with Gasteiger partial charge in [-0.3, -0.25) is 9.58 Å². The summed E-state index contributed by atoms with van der Waals surface area (Å²) in [5.41, 5.74) is 6.91. The summed E-state index contributed by atoms with van der Waals surface area (Å²) in [5.74, 6) is 0. The monoisotopic (exact) mass is 337 g/mol. The third kappa shape index (κ3) is 4.95. The first-order valence-corrected chi connectivity index (χ1v) is 8.63. The van der Waals surface area contributed by atoms with Crippen LogP contribution in [0.3, 0.4) is 0 Å². The largest absolute Gasteiger partial charge is 0.444 e. The lowest BCUT2D eigenvalue weighted by Gasteiger charge is -2.32. The fourth-order valence-corrected chi connectivity index (χ4v) is 3.16. The molecule has 2 atom stereocenters. The van der Waals surface area contributed by atoms with Crippen LogP contribution >= 0.6 is 0 Å². The van der Waals surface area contributed by atoms with Gasteiger partial charge in [0, 0.05) is 51.0 Å². The van der Waals surface area contributed by atoms with Crippen LogP contribution in [-0.4, -0.2) is 63.5 Å². The molecule has 0 radical (unpaired) electrons. The Morgan fingerprint density at radius 2 is 2.00 bits per heavy atom. The van der Waals surface area contributed by atoms with Crippen LogP contribution in [0.15, 0.2) is 12.4 Å². The maximum Gasteiger partial charge on any atom is 0.410 e. The van der Waals surface area contributed by atoms with E-state index in [0.29, 0.717) is 13.1 Å². The molecule has 0 bridgehead atoms. The van der Waals surface area contributed by atoms with E-state index in [2.05, 4.69) is 10.00 Å². The number of carbonyl (C=O) groups is 1. The summed E-state index contributed by atoms with van der Waals surface area (Å²) in [7, 11) is 1.91. The van der Waals surface area contributed by atoms with Crippen molar-refractivity contribution >= 4 is 6.09 Å². The first-order chi connectivity index (χ1) is 11.2. The Balaban J connectivity index is 2.04. The predicted molar refractivity (Wildman–Crippen MR) is 93.6 cm³/mol. The maximum absolute atomic E-state index is 12.3. The summed E-state index contributed by atoms with van der Waals surface area (Å²) < 4.78 is 7.30. The summed E-state index contributed by atoms with van der Waals surface area (Å²) in [6.45, 7) is 10.7. The SMILES string of the molecule is CC(N)C(c1cnn(C)c1)N1CCCN(C(=O)OC(C)(C)C)CC1. The minimum atomic E-state index is -0.465. The van der Waals surface area contributed by atoms with Gasteiger partial charge in [-0.1, -0.05) is 0 Å². The van der Waals surface area contributed by atoms with Gasteiger partial charge in [-0.25, -0.2) is 4.79 Å². The van der Waals surface area contributed by atoms with Crippen molar-refractivity contribution in [3.63, 3.8) is 0 Å². The third-order valence-electron chi connectivity index (χ3n) is 4.14. The van der Waals surface area contributed by atoms with Crippen LogP contribution < -0.4 is 5.73 Å². The molecule has 136 valence electrons. The van der Waals surface area contributed by atoms with Gasteiger partial charge in [0.05, 0.1) is 12.2 Å². The second-order valence-corrected chi connectivity index (χ2v) is 7.61. The fraction of sp³-hybridized carbons (Fsp3) is 0.765. The topological polar surface area (TPSA) is 76.6 Å². The van der Waals surface area contributed by atoms with Gasteiger partial charge in [-0.2, -0.15) is 5.10 Å². The van der Waals surface area contributed by atoms with Crippen LogP contribution in [0.2, 0.25) is 0 Å². The zero-order valence-electron chi connectivity index (χ0n) is 15.5. The van der Waals surface area contributed by atoms with Crippen molar-refractivity contribution in [3.05, 3.63) is 18.0 Å². The molecule has 7 nitrogen and oxygen atoms in total. The van der Waals surface area contributed by atoms with E-state index in [1.807, 2.05) is 47.1 Å². The first-order valence-electron chi connectivity index (χ1n) is 8.63. The summed E-state index contributed by atoms with van der Waals surface area (Å²) in [5, 5.41) is 4.27. The second kappa shape index (κ2) is 7.53. The quantitative estimate of drug-likeness (QED) is 0.909. The summed E-state index contributed by atoms with van der Waals surface area (Å²) in [6.07, 6.45) is 4.57. The van der Waals surface area contributed by atoms with Gasteiger partial charge < -0.3 is 15.4 Å². The lowest BCUT2D eigenvalue weighted by molar-refractivity contribution is 0.0254. The standard InChI is InChI=1S/C17H31N5O2/c1-13(18)15(14-11-19-20(5)12-14)21-7-6-8-22(10-9-21)16(23)24-17(2,3)4/h11-13,15H,6-10,18H2,1-5H3. The number of aryl methyl sites for hydroxylation is 1. The normalized spacial score (nSPS) is 19.7. The Kier molecular flexibility index (Phi) is 5.87. The molecule has 0 spiro atoms. The Morgan fingerprint density at radius 1 is 1.29 bits per heavy atom. The van der Waals surface area contributed by atoms with Gasteiger partial charge in [-0.05, 0) is 34.1 Å². The van der Waals surface area contributed by atoms with E-state index in [1.165, 1.54) is 0 Å². The molecule has 0 aromatic carbocycles. The number of ether oxygens (including phenoxy) is 1. The molecule has 0 aliphatic carbocycles. The lowest BCUT2D eigenvalue weighted by Crippen LogP contribution is -2.42. The predicted octanol–water partition coefficient (Wildman–Crippen LogP) is 1.75. The number of hydrogen-bond donors (Lipinski definition) is 1. The van der Waals surface area contributed by atoms with Gasteiger partial charge in [-0.15, -0.1) is 0 Å². The van der Waals surface area contributed by atoms with Crippen molar-refractivity contribution in [1.82, 2.24) is 19.6 Å². The highest BCUT2D eigenvalue weighted by molar-refractivity contribution is 5.68. The van der Waals surface area contributed by atoms with Crippen LogP contribution in [0, 0.1) is 0 Å². The Hall–Kier alpha value is -1.60. The number of rotatable bonds is 3. The van der Waals surface area contributed by atoms with Gasteiger partial charge in [0.25, 0.3) is 0 Å². The van der Waals surface area contributed by atoms with Crippen molar-refractivity contribution < 1.29 is 9.53 Å². The van der Waals surface area contributed by atoms with Gasteiger partial charge in [0.1, 0.15) is 5.60 Å². The average molecular weight is 337 g/mol. The van der Waals surface area contributed by atoms with Gasteiger partial charge >= 0.3 is 6.09 Å². The Labute approximate surface area is 144 Å². The van der Waals surface area contributed by atoms with Gasteiger partial charge in [0.2, 0.25) is 0 Å². The maximum atomic E-state index is 12.3. The summed E-state index contributed by atoms with van der Waals surface area (Å²) in [4.78, 5) is 16.4. The molecule has 1 aliphatic rings. The average Bonchev–Trinajstić information content (AvgIpc) is 2.71. The van der Waals surface area contributed by atoms with Crippen LogP contribution in [0.1, 0.15) is 45.7 Å². The molecule has 1 amide bonds. The number of nitrogens with two attached hydrogens (primary N) is 1. The number of nitrogens with zero attached hydrogens (tertiary/aromatic N) is 4. The van der Waals surface area contributed by atoms with Crippen LogP contribution in [0.5, 0.6) is 0 Å². The number of carbonyl (C=O) groups excluding carboxylic acids is 1. The van der Waals surface area contributed by atoms with E-state index in [9.17, 15) is 4.79 Å². The molecule has 2 unspecified atom stereocenters. The van der Waals surface area contributed by atoms with Crippen LogP contribution in [-0.2, 0) is 11.8 Å². The van der Waals surface area contributed by atoms with Crippen LogP contribution in [0.25, 0.3) is 0 Å². The van der Waals surface area contributed by atoms with E-state index in [4.69, 9.17) is 10.5 Å². The molecule has 0 saturated carbocycles. The van der Waals surface area contributed by atoms with Crippen LogP contribution in [0.4, 0.5) is 4.79 Å². The minimum Gasteiger partial charge on any atom is -0.444 e. The Bertz CT molecular complexity index is 549. The molecule has 24 heavy (non-hydrogen) atoms. The highest BCUT2D eigenvalue weighted by Gasteiger charge is 2.29. The van der Waals surface area contributed by atoms with Crippen molar-refractivity contribution in [3.8, 4) is 0 Å². The fourth-order valence-electron chi connectivity index (χ4n) is 3.16. The first kappa shape index (κ1) is 18.7. The number of amides is 1. The Morgan fingerprint density at radius 3 is 2.54 bits per heavy atom. The van der Waals surface area contributed by atoms with E-state index in [0.717, 1.165) is 25.1 Å². The van der Waals surface area contributed by atoms with Crippen molar-refractivity contribution in [1.29, 1.82) is 0 Å². The number of hydrogen-bond acceptors (Lipinski definition) is 5. The summed E-state index contributed by atoms with van der Waals surface area (Å²) >= 11 is 0. The van der Waals surface area contributed by atoms with E-state index < -0.39 is 5.60 Å². The van der Waals surface area contributed by atoms with Crippen molar-refractivity contribution in [2.75, 3.05) is 26.2 Å². The molecular weight excluding hydrogens is 306 g/mol. The molecule has 1 aromatic heterocycles. The lowest BCUT2D eigenvalue weighted by atomic mass is 10.0. The van der Waals surface area contributed by atoms with E-state index >= 15 is 0 Å². The smallest absolute Gasteiger partial charge is 0.410 e. The zero-order valence-corrected chi connectivity index (χ0v) is 15.5. The van der Waals surface area contributed by atoms with Crippen molar-refractivity contribution in [2.24, 2.45) is 12.8 Å². The molecular formula is C17H31N5O2. The molecule has 1 aromatic rings. The highest BCUT2D eigenvalue weighted by Crippen LogP contribution is 2.24. The van der Waals surface area contributed by atoms with Crippen molar-refractivity contribution in [2.45, 2.75) is 51.8 Å². The zero-order chi connectivity index (χ0) is 17.9. The second-order valence-electron chi connectivity index (χ2n) is 7.61. The summed E-state index contributed by atoms with van der Waals surface area (Å²) in [6, 6.07) is 0.0968. The third-order valence-corrected chi connectivity index (χ3v) is 4.14. The minimum absolute atomic E-state index is 0.0118. The molecule has 1 fully saturated rings. The highest BCUT2D eigenvalue weighted by atomic mass is 16.6.